The number of hydrogen-bond donors (Lipinski definition) is 2. The predicted molar refractivity (Wildman–Crippen MR) is 115 cm³/mol. The number of barbiturate groups is 1. The van der Waals surface area contributed by atoms with Crippen molar-refractivity contribution in [2.75, 3.05) is 6.61 Å². The molecule has 0 bridgehead atoms. The molecule has 8 heteroatoms. The van der Waals surface area contributed by atoms with Gasteiger partial charge in [0.2, 0.25) is 0 Å². The van der Waals surface area contributed by atoms with Crippen LogP contribution in [0.5, 0.6) is 11.5 Å². The van der Waals surface area contributed by atoms with E-state index in [4.69, 9.17) is 9.47 Å². The van der Waals surface area contributed by atoms with Crippen LogP contribution in [-0.4, -0.2) is 24.5 Å². The van der Waals surface area contributed by atoms with Gasteiger partial charge in [0.15, 0.2) is 11.5 Å². The third-order valence-corrected chi connectivity index (χ3v) is 4.85. The number of benzene rings is 2. The van der Waals surface area contributed by atoms with Gasteiger partial charge < -0.3 is 9.47 Å². The van der Waals surface area contributed by atoms with Crippen molar-refractivity contribution in [2.45, 2.75) is 20.5 Å². The fourth-order valence-corrected chi connectivity index (χ4v) is 3.59. The molecule has 0 atom stereocenters. The lowest BCUT2D eigenvalue weighted by Crippen LogP contribution is -2.51. The molecule has 0 saturated carbocycles. The molecule has 0 spiro atoms. The highest BCUT2D eigenvalue weighted by molar-refractivity contribution is 14.1. The molecule has 1 aliphatic heterocycles. The summed E-state index contributed by atoms with van der Waals surface area (Å²) in [5, 5.41) is 4.11. The van der Waals surface area contributed by atoms with Crippen LogP contribution in [0.1, 0.15) is 23.6 Å². The van der Waals surface area contributed by atoms with Gasteiger partial charge in [0.05, 0.1) is 10.2 Å². The van der Waals surface area contributed by atoms with Crippen LogP contribution in [-0.2, 0) is 16.2 Å². The summed E-state index contributed by atoms with van der Waals surface area (Å²) in [5.41, 5.74) is 2.61. The molecule has 2 aromatic rings. The maximum absolute atomic E-state index is 11.9. The zero-order valence-corrected chi connectivity index (χ0v) is 18.0. The fourth-order valence-electron chi connectivity index (χ4n) is 2.80. The largest absolute Gasteiger partial charge is 0.490 e. The van der Waals surface area contributed by atoms with Crippen LogP contribution in [0.4, 0.5) is 4.79 Å². The van der Waals surface area contributed by atoms with Crippen molar-refractivity contribution in [3.63, 3.8) is 0 Å². The third-order valence-electron chi connectivity index (χ3n) is 4.05. The first-order chi connectivity index (χ1) is 13.9. The van der Waals surface area contributed by atoms with Gasteiger partial charge in [-0.3, -0.25) is 20.2 Å². The van der Waals surface area contributed by atoms with Gasteiger partial charge in [-0.05, 0) is 65.8 Å². The Balaban J connectivity index is 1.90. The van der Waals surface area contributed by atoms with E-state index in [1.54, 1.807) is 12.1 Å². The first-order valence-electron chi connectivity index (χ1n) is 8.90. The molecule has 1 saturated heterocycles. The maximum atomic E-state index is 11.9. The molecule has 150 valence electrons. The lowest BCUT2D eigenvalue weighted by molar-refractivity contribution is -0.123. The van der Waals surface area contributed by atoms with Gasteiger partial charge in [0.1, 0.15) is 12.2 Å². The Morgan fingerprint density at radius 3 is 2.41 bits per heavy atom. The molecule has 1 heterocycles. The van der Waals surface area contributed by atoms with Crippen LogP contribution >= 0.6 is 22.6 Å². The predicted octanol–water partition coefficient (Wildman–Crippen LogP) is 3.33. The summed E-state index contributed by atoms with van der Waals surface area (Å²) in [6.07, 6.45) is 1.41. The standard InChI is InChI=1S/C21H19IN2O5/c1-3-28-17-10-14(8-15-19(25)23-21(27)24-20(15)26)9-16(22)18(17)29-11-13-6-4-5-12(2)7-13/h4-10H,3,11H2,1-2H3,(H2,23,24,25,26,27). The van der Waals surface area contributed by atoms with Crippen molar-refractivity contribution >= 4 is 46.5 Å². The molecule has 0 radical (unpaired) electrons. The van der Waals surface area contributed by atoms with Crippen LogP contribution in [0, 0.1) is 10.5 Å². The Morgan fingerprint density at radius 2 is 1.76 bits per heavy atom. The van der Waals surface area contributed by atoms with Gasteiger partial charge in [0, 0.05) is 0 Å². The minimum absolute atomic E-state index is 0.156. The number of aryl methyl sites for hydroxylation is 1. The lowest BCUT2D eigenvalue weighted by atomic mass is 10.1. The molecule has 0 aliphatic carbocycles. The van der Waals surface area contributed by atoms with Crippen molar-refractivity contribution in [3.8, 4) is 11.5 Å². The highest BCUT2D eigenvalue weighted by Crippen LogP contribution is 2.35. The number of rotatable bonds is 6. The van der Waals surface area contributed by atoms with E-state index < -0.39 is 17.8 Å². The summed E-state index contributed by atoms with van der Waals surface area (Å²) < 4.78 is 12.5. The number of halogens is 1. The van der Waals surface area contributed by atoms with Crippen molar-refractivity contribution in [2.24, 2.45) is 0 Å². The average Bonchev–Trinajstić information content (AvgIpc) is 2.64. The topological polar surface area (TPSA) is 93.7 Å². The molecular formula is C21H19IN2O5. The van der Waals surface area contributed by atoms with Gasteiger partial charge in [-0.1, -0.05) is 29.8 Å². The first kappa shape index (κ1) is 20.8. The van der Waals surface area contributed by atoms with Gasteiger partial charge in [-0.15, -0.1) is 0 Å². The van der Waals surface area contributed by atoms with E-state index in [0.717, 1.165) is 14.7 Å². The number of hydrogen-bond acceptors (Lipinski definition) is 5. The summed E-state index contributed by atoms with van der Waals surface area (Å²) in [5.74, 6) is -0.395. The molecular weight excluding hydrogens is 487 g/mol. The minimum Gasteiger partial charge on any atom is -0.490 e. The molecule has 0 aromatic heterocycles. The number of nitrogens with one attached hydrogen (secondary N) is 2. The van der Waals surface area contributed by atoms with Crippen molar-refractivity contribution in [3.05, 3.63) is 62.2 Å². The molecule has 1 aliphatic rings. The zero-order valence-electron chi connectivity index (χ0n) is 15.9. The Labute approximate surface area is 181 Å². The zero-order chi connectivity index (χ0) is 21.0. The van der Waals surface area contributed by atoms with E-state index in [9.17, 15) is 14.4 Å². The number of carbonyl (C=O) groups is 3. The van der Waals surface area contributed by atoms with Crippen LogP contribution in [0.2, 0.25) is 0 Å². The van der Waals surface area contributed by atoms with E-state index >= 15 is 0 Å². The van der Waals surface area contributed by atoms with Crippen molar-refractivity contribution in [1.29, 1.82) is 0 Å². The van der Waals surface area contributed by atoms with Crippen LogP contribution in [0.25, 0.3) is 6.08 Å². The van der Waals surface area contributed by atoms with E-state index in [2.05, 4.69) is 33.2 Å². The third kappa shape index (κ3) is 5.14. The van der Waals surface area contributed by atoms with Gasteiger partial charge in [-0.25, -0.2) is 4.79 Å². The summed E-state index contributed by atoms with van der Waals surface area (Å²) in [6, 6.07) is 10.7. The Kier molecular flexibility index (Phi) is 6.53. The molecule has 3 rings (SSSR count). The Hall–Kier alpha value is -2.88. The number of imide groups is 2. The molecule has 1 fully saturated rings. The second-order valence-corrected chi connectivity index (χ2v) is 7.50. The summed E-state index contributed by atoms with van der Waals surface area (Å²) in [7, 11) is 0. The molecule has 2 N–H and O–H groups in total. The Bertz CT molecular complexity index is 994. The van der Waals surface area contributed by atoms with E-state index in [1.165, 1.54) is 6.08 Å². The number of ether oxygens (including phenoxy) is 2. The SMILES string of the molecule is CCOc1cc(C=C2C(=O)NC(=O)NC2=O)cc(I)c1OCc1cccc(C)c1. The molecule has 7 nitrogen and oxygen atoms in total. The summed E-state index contributed by atoms with van der Waals surface area (Å²) in [4.78, 5) is 35.1. The van der Waals surface area contributed by atoms with E-state index in [1.807, 2.05) is 38.1 Å². The van der Waals surface area contributed by atoms with E-state index in [-0.39, 0.29) is 5.57 Å². The van der Waals surface area contributed by atoms with Gasteiger partial charge in [0.25, 0.3) is 11.8 Å². The van der Waals surface area contributed by atoms with Crippen LogP contribution < -0.4 is 20.1 Å². The average molecular weight is 506 g/mol. The van der Waals surface area contributed by atoms with Gasteiger partial charge >= 0.3 is 6.03 Å². The number of urea groups is 1. The first-order valence-corrected chi connectivity index (χ1v) is 9.98. The van der Waals surface area contributed by atoms with Crippen LogP contribution in [0.3, 0.4) is 0 Å². The number of carbonyl (C=O) groups excluding carboxylic acids is 3. The molecule has 29 heavy (non-hydrogen) atoms. The molecule has 2 aromatic carbocycles. The fraction of sp³-hybridized carbons (Fsp3) is 0.190. The second kappa shape index (κ2) is 9.08. The summed E-state index contributed by atoms with van der Waals surface area (Å²) in [6.45, 7) is 4.68. The van der Waals surface area contributed by atoms with Crippen LogP contribution in [0.15, 0.2) is 42.0 Å². The monoisotopic (exact) mass is 506 g/mol. The minimum atomic E-state index is -0.832. The smallest absolute Gasteiger partial charge is 0.328 e. The lowest BCUT2D eigenvalue weighted by Gasteiger charge is -2.16. The quantitative estimate of drug-likeness (QED) is 0.356. The highest BCUT2D eigenvalue weighted by Gasteiger charge is 2.28. The van der Waals surface area contributed by atoms with Crippen molar-refractivity contribution < 1.29 is 23.9 Å². The second-order valence-electron chi connectivity index (χ2n) is 6.34. The Morgan fingerprint density at radius 1 is 1.03 bits per heavy atom. The summed E-state index contributed by atoms with van der Waals surface area (Å²) >= 11 is 2.12. The van der Waals surface area contributed by atoms with E-state index in [0.29, 0.717) is 30.3 Å². The highest BCUT2D eigenvalue weighted by atomic mass is 127. The van der Waals surface area contributed by atoms with Crippen molar-refractivity contribution in [1.82, 2.24) is 10.6 Å². The normalized spacial score (nSPS) is 13.6. The van der Waals surface area contributed by atoms with Gasteiger partial charge in [-0.2, -0.15) is 0 Å². The maximum Gasteiger partial charge on any atom is 0.328 e. The molecule has 4 amide bonds. The molecule has 0 unspecified atom stereocenters. The number of amides is 4.